The second-order valence-electron chi connectivity index (χ2n) is 7.69. The molecule has 3 amide bonds. The monoisotopic (exact) mass is 431 g/mol. The Kier molecular flexibility index (Phi) is 7.23. The van der Waals surface area contributed by atoms with Gasteiger partial charge < -0.3 is 21.1 Å². The molecule has 164 valence electrons. The molecule has 3 aromatic rings. The molecule has 32 heavy (non-hydrogen) atoms. The second-order valence-corrected chi connectivity index (χ2v) is 7.69. The fourth-order valence-corrected chi connectivity index (χ4v) is 2.92. The first-order valence-electron chi connectivity index (χ1n) is 10.2. The van der Waals surface area contributed by atoms with Gasteiger partial charge in [0.15, 0.2) is 0 Å². The van der Waals surface area contributed by atoms with E-state index < -0.39 is 5.91 Å². The molecule has 4 N–H and O–H groups in total. The van der Waals surface area contributed by atoms with Gasteiger partial charge in [-0.15, -0.1) is 0 Å². The molecule has 0 atom stereocenters. The number of nitrogens with two attached hydrogens (primary N) is 1. The highest BCUT2D eigenvalue weighted by Crippen LogP contribution is 2.23. The number of carbonyl (C=O) groups excluding carboxylic acids is 3. The summed E-state index contributed by atoms with van der Waals surface area (Å²) in [7, 11) is 0. The van der Waals surface area contributed by atoms with Crippen LogP contribution in [0, 0.1) is 5.92 Å². The van der Waals surface area contributed by atoms with E-state index in [4.69, 9.17) is 10.5 Å². The van der Waals surface area contributed by atoms with Crippen molar-refractivity contribution in [1.82, 2.24) is 0 Å². The van der Waals surface area contributed by atoms with E-state index in [1.165, 1.54) is 0 Å². The molecule has 0 aliphatic heterocycles. The maximum atomic E-state index is 12.5. The molecule has 0 unspecified atom stereocenters. The molecule has 0 radical (unpaired) electrons. The predicted molar refractivity (Wildman–Crippen MR) is 124 cm³/mol. The van der Waals surface area contributed by atoms with Crippen molar-refractivity contribution in [1.29, 1.82) is 0 Å². The number of rotatable bonds is 8. The zero-order valence-corrected chi connectivity index (χ0v) is 17.9. The van der Waals surface area contributed by atoms with Gasteiger partial charge in [0, 0.05) is 28.9 Å². The van der Waals surface area contributed by atoms with E-state index in [1.54, 1.807) is 72.8 Å². The summed E-state index contributed by atoms with van der Waals surface area (Å²) in [4.78, 5) is 35.5. The fraction of sp³-hybridized carbons (Fsp3) is 0.160. The van der Waals surface area contributed by atoms with Crippen molar-refractivity contribution in [3.63, 3.8) is 0 Å². The second kappa shape index (κ2) is 10.3. The molecule has 0 aliphatic rings. The summed E-state index contributed by atoms with van der Waals surface area (Å²) in [5, 5.41) is 5.65. The van der Waals surface area contributed by atoms with E-state index in [1.807, 2.05) is 13.8 Å². The number of primary amides is 1. The third kappa shape index (κ3) is 6.43. The van der Waals surface area contributed by atoms with Crippen LogP contribution in [-0.2, 0) is 4.79 Å². The van der Waals surface area contributed by atoms with Crippen molar-refractivity contribution in [2.75, 3.05) is 10.6 Å². The van der Waals surface area contributed by atoms with Gasteiger partial charge in [0.2, 0.25) is 11.8 Å². The van der Waals surface area contributed by atoms with Crippen LogP contribution < -0.4 is 21.1 Å². The van der Waals surface area contributed by atoms with Gasteiger partial charge in [-0.05, 0) is 78.7 Å². The maximum absolute atomic E-state index is 12.5. The van der Waals surface area contributed by atoms with Crippen molar-refractivity contribution >= 4 is 29.1 Å². The van der Waals surface area contributed by atoms with E-state index in [9.17, 15) is 14.4 Å². The number of amides is 3. The number of carbonyl (C=O) groups is 3. The Bertz CT molecular complexity index is 1090. The summed E-state index contributed by atoms with van der Waals surface area (Å²) in [6.07, 6.45) is 0.455. The molecule has 0 fully saturated rings. The van der Waals surface area contributed by atoms with Crippen molar-refractivity contribution in [3.05, 3.63) is 83.9 Å². The van der Waals surface area contributed by atoms with E-state index in [0.29, 0.717) is 40.4 Å². The normalized spacial score (nSPS) is 10.5. The molecule has 0 heterocycles. The van der Waals surface area contributed by atoms with Gasteiger partial charge in [0.25, 0.3) is 5.91 Å². The zero-order valence-electron chi connectivity index (χ0n) is 17.9. The molecule has 0 saturated heterocycles. The number of anilines is 2. The summed E-state index contributed by atoms with van der Waals surface area (Å²) in [6, 6.07) is 20.1. The van der Waals surface area contributed by atoms with Crippen LogP contribution in [0.15, 0.2) is 72.8 Å². The van der Waals surface area contributed by atoms with Gasteiger partial charge in [-0.3, -0.25) is 14.4 Å². The zero-order chi connectivity index (χ0) is 23.1. The van der Waals surface area contributed by atoms with E-state index in [0.717, 1.165) is 0 Å². The lowest BCUT2D eigenvalue weighted by atomic mass is 10.1. The Morgan fingerprint density at radius 1 is 0.750 bits per heavy atom. The lowest BCUT2D eigenvalue weighted by molar-refractivity contribution is -0.116. The molecule has 7 heteroatoms. The quantitative estimate of drug-likeness (QED) is 0.475. The summed E-state index contributed by atoms with van der Waals surface area (Å²) >= 11 is 0. The van der Waals surface area contributed by atoms with Crippen LogP contribution >= 0.6 is 0 Å². The van der Waals surface area contributed by atoms with Crippen LogP contribution in [0.3, 0.4) is 0 Å². The van der Waals surface area contributed by atoms with Crippen molar-refractivity contribution in [2.45, 2.75) is 20.3 Å². The molecule has 3 rings (SSSR count). The average molecular weight is 431 g/mol. The number of nitrogens with one attached hydrogen (secondary N) is 2. The third-order valence-electron chi connectivity index (χ3n) is 4.51. The Morgan fingerprint density at radius 2 is 1.22 bits per heavy atom. The summed E-state index contributed by atoms with van der Waals surface area (Å²) < 4.78 is 5.72. The number of ether oxygens (including phenoxy) is 1. The number of hydrogen-bond acceptors (Lipinski definition) is 4. The van der Waals surface area contributed by atoms with Gasteiger partial charge in [-0.1, -0.05) is 13.8 Å². The predicted octanol–water partition coefficient (Wildman–Crippen LogP) is 4.81. The molecule has 7 nitrogen and oxygen atoms in total. The minimum absolute atomic E-state index is 0.0390. The molecular formula is C25H25N3O4. The Labute approximate surface area is 186 Å². The van der Waals surface area contributed by atoms with Crippen LogP contribution in [0.25, 0.3) is 0 Å². The number of benzene rings is 3. The highest BCUT2D eigenvalue weighted by atomic mass is 16.5. The van der Waals surface area contributed by atoms with Crippen LogP contribution in [-0.4, -0.2) is 17.7 Å². The van der Waals surface area contributed by atoms with Crippen LogP contribution in [0.5, 0.6) is 11.5 Å². The molecule has 0 bridgehead atoms. The van der Waals surface area contributed by atoms with Gasteiger partial charge in [-0.25, -0.2) is 0 Å². The fourth-order valence-electron chi connectivity index (χ4n) is 2.92. The minimum atomic E-state index is -0.502. The molecule has 0 aromatic heterocycles. The van der Waals surface area contributed by atoms with Gasteiger partial charge in [-0.2, -0.15) is 0 Å². The molecule has 3 aromatic carbocycles. The largest absolute Gasteiger partial charge is 0.457 e. The standard InChI is InChI=1S/C25H25N3O4/c1-16(2)15-23(29)27-19-7-9-20(10-8-19)28-25(31)18-5-13-22(14-6-18)32-21-11-3-17(4-12-21)24(26)30/h3-14,16H,15H2,1-2H3,(H2,26,30)(H,27,29)(H,28,31). The smallest absolute Gasteiger partial charge is 0.255 e. The van der Waals surface area contributed by atoms with Crippen LogP contribution in [0.1, 0.15) is 41.0 Å². The SMILES string of the molecule is CC(C)CC(=O)Nc1ccc(NC(=O)c2ccc(Oc3ccc(C(N)=O)cc3)cc2)cc1. The lowest BCUT2D eigenvalue weighted by Crippen LogP contribution is -2.14. The topological polar surface area (TPSA) is 111 Å². The molecule has 0 spiro atoms. The van der Waals surface area contributed by atoms with Crippen molar-refractivity contribution < 1.29 is 19.1 Å². The highest BCUT2D eigenvalue weighted by molar-refractivity contribution is 6.04. The first-order chi connectivity index (χ1) is 15.3. The first-order valence-corrected chi connectivity index (χ1v) is 10.2. The van der Waals surface area contributed by atoms with Crippen molar-refractivity contribution in [3.8, 4) is 11.5 Å². The van der Waals surface area contributed by atoms with Crippen LogP contribution in [0.2, 0.25) is 0 Å². The van der Waals surface area contributed by atoms with Crippen molar-refractivity contribution in [2.24, 2.45) is 11.7 Å². The number of hydrogen-bond donors (Lipinski definition) is 3. The van der Waals surface area contributed by atoms with E-state index in [2.05, 4.69) is 10.6 Å². The maximum Gasteiger partial charge on any atom is 0.255 e. The van der Waals surface area contributed by atoms with E-state index in [-0.39, 0.29) is 17.7 Å². The minimum Gasteiger partial charge on any atom is -0.457 e. The summed E-state index contributed by atoms with van der Waals surface area (Å²) in [5.74, 6) is 0.578. The highest BCUT2D eigenvalue weighted by Gasteiger charge is 2.09. The first kappa shape index (κ1) is 22.6. The van der Waals surface area contributed by atoms with Gasteiger partial charge in [0.1, 0.15) is 11.5 Å². The summed E-state index contributed by atoms with van der Waals surface area (Å²) in [5.41, 5.74) is 7.39. The summed E-state index contributed by atoms with van der Waals surface area (Å²) in [6.45, 7) is 3.97. The Morgan fingerprint density at radius 3 is 1.69 bits per heavy atom. The molecule has 0 aliphatic carbocycles. The average Bonchev–Trinajstić information content (AvgIpc) is 2.75. The molecular weight excluding hydrogens is 406 g/mol. The van der Waals surface area contributed by atoms with Gasteiger partial charge >= 0.3 is 0 Å². The Hall–Kier alpha value is -4.13. The third-order valence-corrected chi connectivity index (χ3v) is 4.51. The van der Waals surface area contributed by atoms with Crippen LogP contribution in [0.4, 0.5) is 11.4 Å². The van der Waals surface area contributed by atoms with Gasteiger partial charge in [0.05, 0.1) is 0 Å². The molecule has 0 saturated carbocycles. The van der Waals surface area contributed by atoms with E-state index >= 15 is 0 Å². The lowest BCUT2D eigenvalue weighted by Gasteiger charge is -2.10. The Balaban J connectivity index is 1.56.